The highest BCUT2D eigenvalue weighted by Crippen LogP contribution is 2.51. The van der Waals surface area contributed by atoms with Crippen LogP contribution in [0.15, 0.2) is 194 Å². The molecule has 0 saturated carbocycles. The van der Waals surface area contributed by atoms with E-state index < -0.39 is 0 Å². The van der Waals surface area contributed by atoms with Gasteiger partial charge in [0, 0.05) is 5.41 Å². The molecule has 0 fully saturated rings. The van der Waals surface area contributed by atoms with E-state index in [1.165, 1.54) is 99.4 Å². The molecule has 0 saturated heterocycles. The van der Waals surface area contributed by atoms with Gasteiger partial charge in [0.2, 0.25) is 0 Å². The Hall–Kier alpha value is -6.50. The summed E-state index contributed by atoms with van der Waals surface area (Å²) in [6.07, 6.45) is 0. The van der Waals surface area contributed by atoms with E-state index in [9.17, 15) is 0 Å². The Morgan fingerprint density at radius 3 is 1.23 bits per heavy atom. The van der Waals surface area contributed by atoms with Crippen molar-refractivity contribution in [1.29, 1.82) is 0 Å². The fourth-order valence-electron chi connectivity index (χ4n) is 8.85. The van der Waals surface area contributed by atoms with Crippen molar-refractivity contribution in [2.24, 2.45) is 0 Å². The summed E-state index contributed by atoms with van der Waals surface area (Å²) in [6.45, 7) is 4.73. The number of hydrogen-bond acceptors (Lipinski definition) is 0. The highest BCUT2D eigenvalue weighted by molar-refractivity contribution is 6.21. The second kappa shape index (κ2) is 12.3. The summed E-state index contributed by atoms with van der Waals surface area (Å²) in [6, 6.07) is 71.6. The van der Waals surface area contributed by atoms with Gasteiger partial charge in [-0.05, 0) is 130 Å². The van der Waals surface area contributed by atoms with Crippen molar-refractivity contribution < 1.29 is 0 Å². The van der Waals surface area contributed by atoms with E-state index in [2.05, 4.69) is 208 Å². The molecule has 0 amide bonds. The molecule has 0 heterocycles. The van der Waals surface area contributed by atoms with Crippen LogP contribution in [0, 0.1) is 0 Å². The highest BCUT2D eigenvalue weighted by Gasteiger charge is 2.35. The van der Waals surface area contributed by atoms with E-state index in [4.69, 9.17) is 0 Å². The fraction of sp³-hybridized carbons (Fsp3) is 0.0566. The van der Waals surface area contributed by atoms with Crippen LogP contribution in [0.25, 0.3) is 88.3 Å². The molecule has 0 spiro atoms. The van der Waals surface area contributed by atoms with Crippen LogP contribution in [0.1, 0.15) is 25.0 Å². The first-order valence-corrected chi connectivity index (χ1v) is 18.6. The summed E-state index contributed by atoms with van der Waals surface area (Å²) in [5.74, 6) is 0. The first kappa shape index (κ1) is 31.3. The van der Waals surface area contributed by atoms with E-state index in [-0.39, 0.29) is 5.41 Å². The van der Waals surface area contributed by atoms with Crippen molar-refractivity contribution in [2.45, 2.75) is 19.3 Å². The Labute approximate surface area is 311 Å². The van der Waals surface area contributed by atoms with Gasteiger partial charge in [-0.3, -0.25) is 0 Å². The van der Waals surface area contributed by atoms with Gasteiger partial charge in [-0.15, -0.1) is 0 Å². The monoisotopic (exact) mass is 674 g/mol. The number of hydrogen-bond donors (Lipinski definition) is 0. The van der Waals surface area contributed by atoms with Crippen LogP contribution >= 0.6 is 0 Å². The third-order valence-electron chi connectivity index (χ3n) is 11.4. The predicted molar refractivity (Wildman–Crippen MR) is 226 cm³/mol. The minimum absolute atomic E-state index is 0.0634. The van der Waals surface area contributed by atoms with Gasteiger partial charge in [-0.2, -0.15) is 0 Å². The van der Waals surface area contributed by atoms with Crippen molar-refractivity contribution >= 4 is 21.5 Å². The summed E-state index contributed by atoms with van der Waals surface area (Å²) >= 11 is 0. The van der Waals surface area contributed by atoms with Gasteiger partial charge in [0.1, 0.15) is 0 Å². The zero-order valence-corrected chi connectivity index (χ0v) is 30.0. The zero-order chi connectivity index (χ0) is 35.5. The third kappa shape index (κ3) is 5.13. The van der Waals surface area contributed by atoms with E-state index >= 15 is 0 Å². The van der Waals surface area contributed by atoms with Crippen LogP contribution in [0.2, 0.25) is 0 Å². The first-order valence-electron chi connectivity index (χ1n) is 18.6. The number of fused-ring (bicyclic) bond motifs is 5. The predicted octanol–water partition coefficient (Wildman–Crippen LogP) is 14.6. The Kier molecular flexibility index (Phi) is 7.27. The van der Waals surface area contributed by atoms with Crippen molar-refractivity contribution in [3.8, 4) is 66.8 Å². The molecule has 250 valence electrons. The van der Waals surface area contributed by atoms with Gasteiger partial charge in [-0.25, -0.2) is 0 Å². The average Bonchev–Trinajstić information content (AvgIpc) is 3.45. The summed E-state index contributed by atoms with van der Waals surface area (Å²) < 4.78 is 0. The third-order valence-corrected chi connectivity index (χ3v) is 11.4. The smallest absolute Gasteiger partial charge is 0.0159 e. The molecule has 0 unspecified atom stereocenters. The van der Waals surface area contributed by atoms with Crippen LogP contribution in [-0.2, 0) is 5.41 Å². The van der Waals surface area contributed by atoms with E-state index in [0.29, 0.717) is 0 Å². The van der Waals surface area contributed by atoms with Crippen molar-refractivity contribution in [3.63, 3.8) is 0 Å². The lowest BCUT2D eigenvalue weighted by Crippen LogP contribution is -2.14. The molecule has 0 aliphatic heterocycles. The first-order chi connectivity index (χ1) is 26.0. The van der Waals surface area contributed by atoms with Crippen LogP contribution in [-0.4, -0.2) is 0 Å². The lowest BCUT2D eigenvalue weighted by molar-refractivity contribution is 0.660. The maximum Gasteiger partial charge on any atom is 0.0159 e. The topological polar surface area (TPSA) is 0 Å². The number of rotatable bonds is 5. The molecule has 0 aromatic heterocycles. The van der Waals surface area contributed by atoms with Gasteiger partial charge >= 0.3 is 0 Å². The van der Waals surface area contributed by atoms with E-state index in [0.717, 1.165) is 0 Å². The molecule has 0 nitrogen and oxygen atoms in total. The molecule has 53 heavy (non-hydrogen) atoms. The summed E-state index contributed by atoms with van der Waals surface area (Å²) in [4.78, 5) is 0. The fourth-order valence-corrected chi connectivity index (χ4v) is 8.85. The van der Waals surface area contributed by atoms with Crippen molar-refractivity contribution in [1.82, 2.24) is 0 Å². The van der Waals surface area contributed by atoms with Gasteiger partial charge in [0.25, 0.3) is 0 Å². The van der Waals surface area contributed by atoms with Gasteiger partial charge in [-0.1, -0.05) is 178 Å². The van der Waals surface area contributed by atoms with E-state index in [1.54, 1.807) is 0 Å². The van der Waals surface area contributed by atoms with E-state index in [1.807, 2.05) is 0 Å². The quantitative estimate of drug-likeness (QED) is 0.159. The zero-order valence-electron chi connectivity index (χ0n) is 30.0. The standard InChI is InChI=1S/C53H38/c1-53(2)49-27-14-13-22-43(49)44-29-28-39(34-50(44)53)52-47-25-11-9-23-45(47)51(46-24-10-12-26-48(46)52)38-21-15-20-37(30-38)42-32-40(35-16-5-3-6-17-35)31-41(33-42)36-18-7-4-8-19-36/h3-34H,1-2H3. The minimum atomic E-state index is -0.0634. The largest absolute Gasteiger partial charge is 0.0622 e. The lowest BCUT2D eigenvalue weighted by Gasteiger charge is -2.23. The molecule has 9 aromatic carbocycles. The van der Waals surface area contributed by atoms with Crippen LogP contribution in [0.5, 0.6) is 0 Å². The molecule has 0 bridgehead atoms. The van der Waals surface area contributed by atoms with Crippen LogP contribution < -0.4 is 0 Å². The normalized spacial score (nSPS) is 12.9. The summed E-state index contributed by atoms with van der Waals surface area (Å²) in [7, 11) is 0. The Morgan fingerprint density at radius 1 is 0.264 bits per heavy atom. The molecule has 0 heteroatoms. The van der Waals surface area contributed by atoms with Crippen molar-refractivity contribution in [2.75, 3.05) is 0 Å². The Morgan fingerprint density at radius 2 is 0.660 bits per heavy atom. The lowest BCUT2D eigenvalue weighted by atomic mass is 9.80. The molecular weight excluding hydrogens is 637 g/mol. The Bertz CT molecular complexity index is 2720. The SMILES string of the molecule is CC1(C)c2ccccc2-c2ccc(-c3c4ccccc4c(-c4cccc(-c5cc(-c6ccccc6)cc(-c6ccccc6)c5)c4)c4ccccc34)cc21. The molecule has 10 rings (SSSR count). The maximum atomic E-state index is 2.47. The van der Waals surface area contributed by atoms with Crippen LogP contribution in [0.3, 0.4) is 0 Å². The summed E-state index contributed by atoms with van der Waals surface area (Å²) in [5.41, 5.74) is 17.8. The second-order valence-electron chi connectivity index (χ2n) is 14.9. The molecule has 1 aliphatic rings. The Balaban J connectivity index is 1.17. The maximum absolute atomic E-state index is 2.47. The van der Waals surface area contributed by atoms with Crippen LogP contribution in [0.4, 0.5) is 0 Å². The van der Waals surface area contributed by atoms with Crippen molar-refractivity contribution in [3.05, 3.63) is 205 Å². The number of benzene rings is 9. The van der Waals surface area contributed by atoms with Gasteiger partial charge < -0.3 is 0 Å². The average molecular weight is 675 g/mol. The molecule has 0 radical (unpaired) electrons. The molecule has 0 atom stereocenters. The second-order valence-corrected chi connectivity index (χ2v) is 14.9. The molecule has 9 aromatic rings. The van der Waals surface area contributed by atoms with Gasteiger partial charge in [0.05, 0.1) is 0 Å². The molecule has 1 aliphatic carbocycles. The molecular formula is C53H38. The highest BCUT2D eigenvalue weighted by atomic mass is 14.4. The minimum Gasteiger partial charge on any atom is -0.0622 e. The van der Waals surface area contributed by atoms with Gasteiger partial charge in [0.15, 0.2) is 0 Å². The molecule has 0 N–H and O–H groups in total. The summed E-state index contributed by atoms with van der Waals surface area (Å²) in [5, 5.41) is 5.09.